The molecule has 2 rings (SSSR count). The Hall–Kier alpha value is -1.24. The number of ether oxygens (including phenoxy) is 1. The molecule has 1 radical (unpaired) electrons. The Morgan fingerprint density at radius 1 is 1.40 bits per heavy atom. The van der Waals surface area contributed by atoms with E-state index >= 15 is 0 Å². The van der Waals surface area contributed by atoms with E-state index in [-0.39, 0.29) is 1.43 Å². The average Bonchev–Trinajstić information content (AvgIpc) is 2.05. The highest BCUT2D eigenvalue weighted by atomic mass is 16.5. The SMILES string of the molecule is [C]1=CCOc2ccccc21.[H+]. The lowest BCUT2D eigenvalue weighted by Crippen LogP contribution is -1.99. The summed E-state index contributed by atoms with van der Waals surface area (Å²) in [5.41, 5.74) is 1.05. The van der Waals surface area contributed by atoms with Gasteiger partial charge in [0.15, 0.2) is 0 Å². The van der Waals surface area contributed by atoms with Crippen LogP contribution in [-0.4, -0.2) is 6.61 Å². The zero-order valence-electron chi connectivity index (χ0n) is 6.50. The highest BCUT2D eigenvalue weighted by Gasteiger charge is 2.01. The van der Waals surface area contributed by atoms with Crippen LogP contribution in [-0.2, 0) is 0 Å². The maximum atomic E-state index is 5.31. The van der Waals surface area contributed by atoms with E-state index in [1.54, 1.807) is 0 Å². The van der Waals surface area contributed by atoms with Crippen LogP contribution in [0.2, 0.25) is 0 Å². The van der Waals surface area contributed by atoms with Crippen LogP contribution in [0.5, 0.6) is 5.75 Å². The Kier molecular flexibility index (Phi) is 1.21. The van der Waals surface area contributed by atoms with Crippen LogP contribution >= 0.6 is 0 Å². The summed E-state index contributed by atoms with van der Waals surface area (Å²) in [5, 5.41) is 0. The van der Waals surface area contributed by atoms with E-state index in [1.807, 2.05) is 30.3 Å². The minimum absolute atomic E-state index is 0. The van der Waals surface area contributed by atoms with Gasteiger partial charge < -0.3 is 4.74 Å². The third-order valence-corrected chi connectivity index (χ3v) is 1.47. The molecule has 0 fully saturated rings. The second-order valence-electron chi connectivity index (χ2n) is 2.16. The summed E-state index contributed by atoms with van der Waals surface area (Å²) in [4.78, 5) is 0. The molecule has 0 atom stereocenters. The van der Waals surface area contributed by atoms with Gasteiger partial charge in [-0.1, -0.05) is 18.2 Å². The molecule has 1 heterocycles. The molecular weight excluding hydrogens is 124 g/mol. The van der Waals surface area contributed by atoms with Crippen molar-refractivity contribution in [2.24, 2.45) is 0 Å². The van der Waals surface area contributed by atoms with Crippen molar-refractivity contribution in [3.8, 4) is 5.75 Å². The number of hydrogen-bond donors (Lipinski definition) is 0. The number of rotatable bonds is 0. The predicted molar refractivity (Wildman–Crippen MR) is 40.0 cm³/mol. The van der Waals surface area contributed by atoms with Crippen molar-refractivity contribution in [3.05, 3.63) is 42.0 Å². The zero-order chi connectivity index (χ0) is 6.81. The number of benzene rings is 1. The predicted octanol–water partition coefficient (Wildman–Crippen LogP) is 1.90. The van der Waals surface area contributed by atoms with Gasteiger partial charge in [-0.3, -0.25) is 0 Å². The molecule has 0 aliphatic carbocycles. The van der Waals surface area contributed by atoms with Crippen LogP contribution in [0.4, 0.5) is 0 Å². The van der Waals surface area contributed by atoms with Crippen LogP contribution in [0.3, 0.4) is 0 Å². The molecule has 1 nitrogen and oxygen atoms in total. The maximum Gasteiger partial charge on any atom is 1.00 e. The van der Waals surface area contributed by atoms with Gasteiger partial charge in [0.25, 0.3) is 0 Å². The van der Waals surface area contributed by atoms with E-state index in [1.165, 1.54) is 0 Å². The first-order valence-electron chi connectivity index (χ1n) is 3.27. The van der Waals surface area contributed by atoms with Crippen LogP contribution < -0.4 is 4.74 Å². The Morgan fingerprint density at radius 2 is 2.30 bits per heavy atom. The van der Waals surface area contributed by atoms with E-state index in [0.29, 0.717) is 6.61 Å². The third-order valence-electron chi connectivity index (χ3n) is 1.47. The van der Waals surface area contributed by atoms with Crippen LogP contribution in [0.25, 0.3) is 0 Å². The van der Waals surface area contributed by atoms with Gasteiger partial charge in [-0.25, -0.2) is 0 Å². The molecule has 0 N–H and O–H groups in total. The molecule has 0 unspecified atom stereocenters. The Bertz CT molecular complexity index is 268. The van der Waals surface area contributed by atoms with Gasteiger partial charge in [0.05, 0.1) is 0 Å². The summed E-state index contributed by atoms with van der Waals surface area (Å²) < 4.78 is 5.31. The Morgan fingerprint density at radius 3 is 3.20 bits per heavy atom. The minimum atomic E-state index is 0. The molecule has 0 bridgehead atoms. The normalized spacial score (nSPS) is 14.0. The first-order chi connectivity index (χ1) is 4.97. The fourth-order valence-electron chi connectivity index (χ4n) is 0.995. The topological polar surface area (TPSA) is 9.23 Å². The number of para-hydroxylation sites is 1. The molecule has 10 heavy (non-hydrogen) atoms. The fraction of sp³-hybridized carbons (Fsp3) is 0.111. The van der Waals surface area contributed by atoms with Crippen molar-refractivity contribution >= 4 is 0 Å². The zero-order valence-corrected chi connectivity index (χ0v) is 5.50. The van der Waals surface area contributed by atoms with Crippen molar-refractivity contribution in [2.75, 3.05) is 6.61 Å². The van der Waals surface area contributed by atoms with Crippen LogP contribution in [0.1, 0.15) is 6.99 Å². The molecule has 1 aliphatic rings. The second kappa shape index (κ2) is 2.18. The van der Waals surface area contributed by atoms with Crippen molar-refractivity contribution in [1.82, 2.24) is 0 Å². The van der Waals surface area contributed by atoms with Crippen molar-refractivity contribution in [1.29, 1.82) is 0 Å². The number of fused-ring (bicyclic) bond motifs is 1. The summed E-state index contributed by atoms with van der Waals surface area (Å²) in [6, 6.07) is 7.89. The molecule has 0 spiro atoms. The van der Waals surface area contributed by atoms with Crippen molar-refractivity contribution in [3.63, 3.8) is 0 Å². The highest BCUT2D eigenvalue weighted by Crippen LogP contribution is 2.20. The molecular formula is C9H8O+. The van der Waals surface area contributed by atoms with E-state index in [0.717, 1.165) is 11.3 Å². The lowest BCUT2D eigenvalue weighted by molar-refractivity contribution is 0.355. The van der Waals surface area contributed by atoms with Crippen LogP contribution in [0.15, 0.2) is 30.3 Å². The first-order valence-corrected chi connectivity index (χ1v) is 3.27. The third kappa shape index (κ3) is 0.798. The second-order valence-corrected chi connectivity index (χ2v) is 2.16. The van der Waals surface area contributed by atoms with Gasteiger partial charge in [0, 0.05) is 5.56 Å². The Balaban J connectivity index is 0.000000605. The summed E-state index contributed by atoms with van der Waals surface area (Å²) in [6.45, 7) is 0.650. The largest absolute Gasteiger partial charge is 1.00 e. The minimum Gasteiger partial charge on any atom is -0.489 e. The van der Waals surface area contributed by atoms with Crippen molar-refractivity contribution < 1.29 is 6.16 Å². The molecule has 0 aromatic heterocycles. The molecule has 49 valence electrons. The maximum absolute atomic E-state index is 5.31. The van der Waals surface area contributed by atoms with E-state index in [2.05, 4.69) is 6.08 Å². The van der Waals surface area contributed by atoms with Crippen molar-refractivity contribution in [2.45, 2.75) is 0 Å². The molecule has 1 heteroatoms. The highest BCUT2D eigenvalue weighted by molar-refractivity contribution is 5.39. The molecule has 1 aliphatic heterocycles. The molecule has 1 aromatic rings. The smallest absolute Gasteiger partial charge is 0.489 e. The van der Waals surface area contributed by atoms with Gasteiger partial charge in [-0.15, -0.1) is 0 Å². The molecule has 1 aromatic carbocycles. The lowest BCUT2D eigenvalue weighted by atomic mass is 10.1. The standard InChI is InChI=1S/C9H7O/c1-2-6-9-8(4-1)5-3-7-10-9/h1-4,6H,7H2/p+1. The molecule has 0 saturated heterocycles. The lowest BCUT2D eigenvalue weighted by Gasteiger charge is -2.09. The van der Waals surface area contributed by atoms with Gasteiger partial charge in [-0.05, 0) is 18.2 Å². The summed E-state index contributed by atoms with van der Waals surface area (Å²) >= 11 is 0. The Labute approximate surface area is 61.4 Å². The molecule has 0 amide bonds. The van der Waals surface area contributed by atoms with E-state index in [4.69, 9.17) is 4.74 Å². The summed E-state index contributed by atoms with van der Waals surface area (Å²) in [7, 11) is 0. The number of hydrogen-bond acceptors (Lipinski definition) is 1. The summed E-state index contributed by atoms with van der Waals surface area (Å²) in [6.07, 6.45) is 5.00. The fourth-order valence-corrected chi connectivity index (χ4v) is 0.995. The summed E-state index contributed by atoms with van der Waals surface area (Å²) in [5.74, 6) is 0.935. The van der Waals surface area contributed by atoms with Gasteiger partial charge in [-0.2, -0.15) is 0 Å². The van der Waals surface area contributed by atoms with Gasteiger partial charge in [0.1, 0.15) is 12.4 Å². The van der Waals surface area contributed by atoms with E-state index in [9.17, 15) is 0 Å². The average molecular weight is 132 g/mol. The first kappa shape index (κ1) is 5.54. The van der Waals surface area contributed by atoms with E-state index < -0.39 is 0 Å². The monoisotopic (exact) mass is 132 g/mol. The van der Waals surface area contributed by atoms with Crippen LogP contribution in [0, 0.1) is 6.08 Å². The molecule has 0 saturated carbocycles. The van der Waals surface area contributed by atoms with Gasteiger partial charge in [0.2, 0.25) is 0 Å². The van der Waals surface area contributed by atoms with Gasteiger partial charge >= 0.3 is 1.43 Å². The quantitative estimate of drug-likeness (QED) is 0.524.